The van der Waals surface area contributed by atoms with Gasteiger partial charge in [0, 0.05) is 6.04 Å². The molecule has 112 valence electrons. The molecule has 2 N–H and O–H groups in total. The van der Waals surface area contributed by atoms with Crippen molar-refractivity contribution in [3.8, 4) is 0 Å². The van der Waals surface area contributed by atoms with Crippen LogP contribution in [0.5, 0.6) is 0 Å². The van der Waals surface area contributed by atoms with Crippen molar-refractivity contribution >= 4 is 16.0 Å². The summed E-state index contributed by atoms with van der Waals surface area (Å²) in [5, 5.41) is 8.82. The first-order chi connectivity index (χ1) is 9.26. The Morgan fingerprint density at radius 2 is 1.95 bits per heavy atom. The lowest BCUT2D eigenvalue weighted by atomic mass is 10.1. The van der Waals surface area contributed by atoms with Crippen molar-refractivity contribution in [1.29, 1.82) is 0 Å². The number of aliphatic carboxylic acids is 1. The molecule has 20 heavy (non-hydrogen) atoms. The van der Waals surface area contributed by atoms with E-state index in [-0.39, 0.29) is 11.3 Å². The smallest absolute Gasteiger partial charge is 0.304 e. The number of hydrogen-bond acceptors (Lipinski definition) is 3. The Balaban J connectivity index is 2.96. The average molecular weight is 299 g/mol. The Labute approximate surface area is 120 Å². The third kappa shape index (κ3) is 4.61. The van der Waals surface area contributed by atoms with Gasteiger partial charge in [-0.2, -0.15) is 0 Å². The highest BCUT2D eigenvalue weighted by molar-refractivity contribution is 7.89. The minimum Gasteiger partial charge on any atom is -0.481 e. The van der Waals surface area contributed by atoms with Crippen LogP contribution in [0.4, 0.5) is 0 Å². The Hall–Kier alpha value is -1.40. The number of rotatable bonds is 7. The Bertz CT molecular complexity index is 581. The molecule has 1 atom stereocenters. The number of sulfonamides is 1. The van der Waals surface area contributed by atoms with E-state index < -0.39 is 22.0 Å². The van der Waals surface area contributed by atoms with E-state index in [2.05, 4.69) is 4.72 Å². The number of carboxylic acid groups (broad SMARTS) is 1. The van der Waals surface area contributed by atoms with Crippen LogP contribution in [0.3, 0.4) is 0 Å². The molecule has 0 aliphatic carbocycles. The van der Waals surface area contributed by atoms with Crippen molar-refractivity contribution in [2.24, 2.45) is 0 Å². The molecule has 0 saturated carbocycles. The van der Waals surface area contributed by atoms with E-state index in [1.54, 1.807) is 12.1 Å². The van der Waals surface area contributed by atoms with Crippen LogP contribution < -0.4 is 4.72 Å². The van der Waals surface area contributed by atoms with Crippen molar-refractivity contribution in [3.05, 3.63) is 29.3 Å². The predicted octanol–water partition coefficient (Wildman–Crippen LogP) is 2.23. The standard InChI is InChI=1S/C14H21NO4S/c1-4-5-12(9-14(16)17)15-20(18,19)13-7-6-10(2)11(3)8-13/h6-8,12,15H,4-5,9H2,1-3H3,(H,16,17). The molecule has 0 spiro atoms. The van der Waals surface area contributed by atoms with Crippen LogP contribution in [0.15, 0.2) is 23.1 Å². The molecule has 1 rings (SSSR count). The SMILES string of the molecule is CCCC(CC(=O)O)NS(=O)(=O)c1ccc(C)c(C)c1. The highest BCUT2D eigenvalue weighted by atomic mass is 32.2. The Morgan fingerprint density at radius 3 is 2.45 bits per heavy atom. The van der Waals surface area contributed by atoms with Crippen LogP contribution in [0.25, 0.3) is 0 Å². The van der Waals surface area contributed by atoms with Gasteiger partial charge in [0.15, 0.2) is 0 Å². The van der Waals surface area contributed by atoms with E-state index >= 15 is 0 Å². The molecule has 0 aliphatic heterocycles. The van der Waals surface area contributed by atoms with Crippen LogP contribution in [0.1, 0.15) is 37.3 Å². The normalized spacial score (nSPS) is 13.2. The molecule has 0 fully saturated rings. The second-order valence-electron chi connectivity index (χ2n) is 4.95. The van der Waals surface area contributed by atoms with Gasteiger partial charge in [-0.3, -0.25) is 4.79 Å². The summed E-state index contributed by atoms with van der Waals surface area (Å²) in [4.78, 5) is 10.9. The lowest BCUT2D eigenvalue weighted by Crippen LogP contribution is -2.36. The summed E-state index contributed by atoms with van der Waals surface area (Å²) < 4.78 is 27.0. The van der Waals surface area contributed by atoms with Gasteiger partial charge in [0.1, 0.15) is 0 Å². The fourth-order valence-electron chi connectivity index (χ4n) is 1.93. The van der Waals surface area contributed by atoms with Gasteiger partial charge in [0.25, 0.3) is 0 Å². The molecule has 0 bridgehead atoms. The van der Waals surface area contributed by atoms with Gasteiger partial charge in [0.2, 0.25) is 10.0 Å². The number of benzene rings is 1. The summed E-state index contributed by atoms with van der Waals surface area (Å²) in [5.41, 5.74) is 1.90. The largest absolute Gasteiger partial charge is 0.481 e. The molecular formula is C14H21NO4S. The van der Waals surface area contributed by atoms with Crippen molar-refractivity contribution in [1.82, 2.24) is 4.72 Å². The first kappa shape index (κ1) is 16.7. The van der Waals surface area contributed by atoms with Gasteiger partial charge in [-0.1, -0.05) is 19.4 Å². The van der Waals surface area contributed by atoms with E-state index in [9.17, 15) is 13.2 Å². The number of carbonyl (C=O) groups is 1. The molecule has 0 aromatic heterocycles. The van der Waals surface area contributed by atoms with Crippen LogP contribution in [-0.4, -0.2) is 25.5 Å². The zero-order chi connectivity index (χ0) is 15.3. The van der Waals surface area contributed by atoms with E-state index in [4.69, 9.17) is 5.11 Å². The average Bonchev–Trinajstić information content (AvgIpc) is 2.31. The highest BCUT2D eigenvalue weighted by Gasteiger charge is 2.21. The molecule has 0 radical (unpaired) electrons. The maximum atomic E-state index is 12.3. The number of nitrogens with one attached hydrogen (secondary N) is 1. The lowest BCUT2D eigenvalue weighted by molar-refractivity contribution is -0.137. The highest BCUT2D eigenvalue weighted by Crippen LogP contribution is 2.16. The van der Waals surface area contributed by atoms with Crippen LogP contribution in [0, 0.1) is 13.8 Å². The zero-order valence-electron chi connectivity index (χ0n) is 12.0. The minimum atomic E-state index is -3.68. The second kappa shape index (κ2) is 6.85. The fraction of sp³-hybridized carbons (Fsp3) is 0.500. The Morgan fingerprint density at radius 1 is 1.30 bits per heavy atom. The molecule has 0 aliphatic rings. The summed E-state index contributed by atoms with van der Waals surface area (Å²) in [6.45, 7) is 5.64. The molecule has 1 aromatic rings. The van der Waals surface area contributed by atoms with Crippen molar-refractivity contribution in [3.63, 3.8) is 0 Å². The van der Waals surface area contributed by atoms with Crippen LogP contribution in [-0.2, 0) is 14.8 Å². The molecule has 6 heteroatoms. The van der Waals surface area contributed by atoms with Gasteiger partial charge in [-0.05, 0) is 43.5 Å². The zero-order valence-corrected chi connectivity index (χ0v) is 12.8. The van der Waals surface area contributed by atoms with Gasteiger partial charge >= 0.3 is 5.97 Å². The Kier molecular flexibility index (Phi) is 5.71. The third-order valence-electron chi connectivity index (χ3n) is 3.17. The molecule has 0 heterocycles. The number of aryl methyl sites for hydroxylation is 2. The maximum Gasteiger partial charge on any atom is 0.304 e. The predicted molar refractivity (Wildman–Crippen MR) is 77.2 cm³/mol. The van der Waals surface area contributed by atoms with Crippen LogP contribution in [0.2, 0.25) is 0 Å². The second-order valence-corrected chi connectivity index (χ2v) is 6.66. The lowest BCUT2D eigenvalue weighted by Gasteiger charge is -2.16. The topological polar surface area (TPSA) is 83.5 Å². The minimum absolute atomic E-state index is 0.173. The first-order valence-electron chi connectivity index (χ1n) is 6.57. The summed E-state index contributed by atoms with van der Waals surface area (Å²) >= 11 is 0. The summed E-state index contributed by atoms with van der Waals surface area (Å²) in [5.74, 6) is -1.01. The molecule has 1 aromatic carbocycles. The van der Waals surface area contributed by atoms with E-state index in [1.807, 2.05) is 20.8 Å². The monoisotopic (exact) mass is 299 g/mol. The fourth-order valence-corrected chi connectivity index (χ4v) is 3.29. The van der Waals surface area contributed by atoms with E-state index in [1.165, 1.54) is 6.07 Å². The van der Waals surface area contributed by atoms with E-state index in [0.29, 0.717) is 12.8 Å². The van der Waals surface area contributed by atoms with Crippen molar-refractivity contribution in [2.75, 3.05) is 0 Å². The summed E-state index contributed by atoms with van der Waals surface area (Å²) in [6, 6.07) is 4.30. The van der Waals surface area contributed by atoms with Gasteiger partial charge in [0.05, 0.1) is 11.3 Å². The van der Waals surface area contributed by atoms with Gasteiger partial charge < -0.3 is 5.11 Å². The van der Waals surface area contributed by atoms with Crippen molar-refractivity contribution in [2.45, 2.75) is 51.0 Å². The maximum absolute atomic E-state index is 12.3. The summed E-state index contributed by atoms with van der Waals surface area (Å²) in [7, 11) is -3.68. The van der Waals surface area contributed by atoms with Gasteiger partial charge in [-0.15, -0.1) is 0 Å². The molecule has 0 amide bonds. The summed E-state index contributed by atoms with van der Waals surface area (Å²) in [6.07, 6.45) is 1.00. The number of hydrogen-bond donors (Lipinski definition) is 2. The quantitative estimate of drug-likeness (QED) is 0.808. The van der Waals surface area contributed by atoms with Crippen molar-refractivity contribution < 1.29 is 18.3 Å². The van der Waals surface area contributed by atoms with E-state index in [0.717, 1.165) is 11.1 Å². The van der Waals surface area contributed by atoms with Gasteiger partial charge in [-0.25, -0.2) is 13.1 Å². The first-order valence-corrected chi connectivity index (χ1v) is 8.06. The van der Waals surface area contributed by atoms with Crippen LogP contribution >= 0.6 is 0 Å². The molecule has 0 saturated heterocycles. The molecular weight excluding hydrogens is 278 g/mol. The molecule has 1 unspecified atom stereocenters. The number of carboxylic acids is 1. The third-order valence-corrected chi connectivity index (χ3v) is 4.69. The molecule has 5 nitrogen and oxygen atoms in total.